The molecule has 0 aromatic heterocycles. The molecule has 16 heavy (non-hydrogen) atoms. The summed E-state index contributed by atoms with van der Waals surface area (Å²) in [5.41, 5.74) is 0.271. The van der Waals surface area contributed by atoms with Crippen LogP contribution in [0.3, 0.4) is 0 Å². The molecule has 0 spiro atoms. The quantitative estimate of drug-likeness (QED) is 0.770. The fraction of sp³-hybridized carbons (Fsp3) is 1.00. The largest absolute Gasteiger partial charge is 0.414 e. The molecule has 0 amide bonds. The van der Waals surface area contributed by atoms with Gasteiger partial charge in [-0.3, -0.25) is 0 Å². The molecule has 2 aliphatic carbocycles. The smallest absolute Gasteiger partial charge is 0.192 e. The van der Waals surface area contributed by atoms with Gasteiger partial charge in [0.2, 0.25) is 0 Å². The number of hydrogen-bond acceptors (Lipinski definition) is 2. The Kier molecular flexibility index (Phi) is 2.80. The highest BCUT2D eigenvalue weighted by Gasteiger charge is 2.60. The molecular formula is C13H26O2Si. The van der Waals surface area contributed by atoms with Crippen molar-refractivity contribution < 1.29 is 9.53 Å². The highest BCUT2D eigenvalue weighted by molar-refractivity contribution is 6.74. The molecule has 0 aliphatic heterocycles. The molecule has 94 valence electrons. The maximum absolute atomic E-state index is 9.40. The second kappa shape index (κ2) is 3.56. The number of aliphatic hydroxyl groups excluding tert-OH is 1. The SMILES string of the molecule is CC(C)(C)[Si](C)(C)O[C@@H]1C[C@H]2C[C@@]2(CO)C1. The van der Waals surface area contributed by atoms with Crippen molar-refractivity contribution in [3.05, 3.63) is 0 Å². The minimum atomic E-state index is -1.61. The first kappa shape index (κ1) is 12.6. The van der Waals surface area contributed by atoms with E-state index in [1.807, 2.05) is 0 Å². The van der Waals surface area contributed by atoms with Gasteiger partial charge in [-0.25, -0.2) is 0 Å². The summed E-state index contributed by atoms with van der Waals surface area (Å²) in [6.45, 7) is 11.9. The molecule has 2 aliphatic rings. The molecule has 2 rings (SSSR count). The standard InChI is InChI=1S/C13H26O2Si/c1-12(2,3)16(4,5)15-11-6-10-7-13(10,8-11)9-14/h10-11,14H,6-9H2,1-5H3/t10-,11+,13-/m0/s1. The molecule has 0 bridgehead atoms. The molecule has 2 nitrogen and oxygen atoms in total. The van der Waals surface area contributed by atoms with Crippen LogP contribution in [0.2, 0.25) is 18.1 Å². The van der Waals surface area contributed by atoms with E-state index >= 15 is 0 Å². The Morgan fingerprint density at radius 2 is 1.94 bits per heavy atom. The molecule has 3 atom stereocenters. The summed E-state index contributed by atoms with van der Waals surface area (Å²) in [6, 6.07) is 0. The van der Waals surface area contributed by atoms with Crippen molar-refractivity contribution in [1.29, 1.82) is 0 Å². The lowest BCUT2D eigenvalue weighted by atomic mass is 10.1. The summed E-state index contributed by atoms with van der Waals surface area (Å²) in [7, 11) is -1.61. The number of hydrogen-bond donors (Lipinski definition) is 1. The fourth-order valence-electron chi connectivity index (χ4n) is 2.81. The van der Waals surface area contributed by atoms with Gasteiger partial charge in [0, 0.05) is 12.7 Å². The summed E-state index contributed by atoms with van der Waals surface area (Å²) in [5, 5.41) is 9.70. The molecule has 0 unspecified atom stereocenters. The summed E-state index contributed by atoms with van der Waals surface area (Å²) in [6.07, 6.45) is 3.95. The Morgan fingerprint density at radius 3 is 2.38 bits per heavy atom. The van der Waals surface area contributed by atoms with Crippen LogP contribution >= 0.6 is 0 Å². The molecule has 1 N–H and O–H groups in total. The normalized spacial score (nSPS) is 38.6. The van der Waals surface area contributed by atoms with E-state index in [1.165, 1.54) is 12.8 Å². The van der Waals surface area contributed by atoms with Gasteiger partial charge in [-0.15, -0.1) is 0 Å². The van der Waals surface area contributed by atoms with Crippen molar-refractivity contribution in [3.8, 4) is 0 Å². The lowest BCUT2D eigenvalue weighted by Gasteiger charge is -2.39. The van der Waals surface area contributed by atoms with Crippen LogP contribution in [0.25, 0.3) is 0 Å². The Bertz CT molecular complexity index is 278. The topological polar surface area (TPSA) is 29.5 Å². The molecule has 0 aromatic rings. The van der Waals surface area contributed by atoms with Crippen molar-refractivity contribution in [2.45, 2.75) is 64.3 Å². The summed E-state index contributed by atoms with van der Waals surface area (Å²) < 4.78 is 6.42. The van der Waals surface area contributed by atoms with Crippen molar-refractivity contribution in [1.82, 2.24) is 0 Å². The van der Waals surface area contributed by atoms with Crippen LogP contribution in [0.1, 0.15) is 40.0 Å². The maximum atomic E-state index is 9.40. The molecule has 0 aromatic carbocycles. The average Bonchev–Trinajstić information content (AvgIpc) is 2.67. The predicted molar refractivity (Wildman–Crippen MR) is 68.9 cm³/mol. The molecular weight excluding hydrogens is 216 g/mol. The summed E-state index contributed by atoms with van der Waals surface area (Å²) in [5.74, 6) is 0.757. The third kappa shape index (κ3) is 1.98. The number of fused-ring (bicyclic) bond motifs is 1. The zero-order valence-electron chi connectivity index (χ0n) is 11.3. The van der Waals surface area contributed by atoms with Crippen LogP contribution < -0.4 is 0 Å². The Labute approximate surface area is 101 Å². The van der Waals surface area contributed by atoms with Crippen LogP contribution in [-0.2, 0) is 4.43 Å². The first-order valence-corrected chi connectivity index (χ1v) is 9.40. The predicted octanol–water partition coefficient (Wildman–Crippen LogP) is 3.17. The van der Waals surface area contributed by atoms with Gasteiger partial charge >= 0.3 is 0 Å². The minimum absolute atomic E-state index is 0.271. The van der Waals surface area contributed by atoms with E-state index in [0.29, 0.717) is 17.7 Å². The molecule has 0 heterocycles. The van der Waals surface area contributed by atoms with E-state index in [2.05, 4.69) is 33.9 Å². The van der Waals surface area contributed by atoms with Crippen LogP contribution in [0, 0.1) is 11.3 Å². The van der Waals surface area contributed by atoms with E-state index in [9.17, 15) is 5.11 Å². The molecule has 0 saturated heterocycles. The van der Waals surface area contributed by atoms with Crippen molar-refractivity contribution in [3.63, 3.8) is 0 Å². The summed E-state index contributed by atoms with van der Waals surface area (Å²) in [4.78, 5) is 0. The molecule has 2 saturated carbocycles. The van der Waals surface area contributed by atoms with Crippen LogP contribution in [0.5, 0.6) is 0 Å². The van der Waals surface area contributed by atoms with Gasteiger partial charge < -0.3 is 9.53 Å². The monoisotopic (exact) mass is 242 g/mol. The first-order chi connectivity index (χ1) is 7.20. The fourth-order valence-corrected chi connectivity index (χ4v) is 4.18. The number of aliphatic hydroxyl groups is 1. The van der Waals surface area contributed by atoms with Crippen LogP contribution in [0.4, 0.5) is 0 Å². The van der Waals surface area contributed by atoms with Gasteiger partial charge in [0.1, 0.15) is 0 Å². The lowest BCUT2D eigenvalue weighted by Crippen LogP contribution is -2.43. The first-order valence-electron chi connectivity index (χ1n) is 6.49. The van der Waals surface area contributed by atoms with Crippen molar-refractivity contribution in [2.24, 2.45) is 11.3 Å². The molecule has 0 radical (unpaired) electrons. The maximum Gasteiger partial charge on any atom is 0.192 e. The summed E-state index contributed by atoms with van der Waals surface area (Å²) >= 11 is 0. The van der Waals surface area contributed by atoms with Gasteiger partial charge in [-0.2, -0.15) is 0 Å². The Morgan fingerprint density at radius 1 is 1.31 bits per heavy atom. The highest BCUT2D eigenvalue weighted by atomic mass is 28.4. The van der Waals surface area contributed by atoms with Crippen molar-refractivity contribution >= 4 is 8.32 Å². The van der Waals surface area contributed by atoms with Crippen LogP contribution in [0.15, 0.2) is 0 Å². The van der Waals surface area contributed by atoms with Gasteiger partial charge in [0.15, 0.2) is 8.32 Å². The second-order valence-corrected chi connectivity index (χ2v) is 12.1. The Hall–Kier alpha value is 0.137. The zero-order chi connectivity index (χ0) is 12.2. The third-order valence-electron chi connectivity index (χ3n) is 5.12. The van der Waals surface area contributed by atoms with E-state index in [-0.39, 0.29) is 5.41 Å². The molecule has 2 fully saturated rings. The number of rotatable bonds is 3. The third-order valence-corrected chi connectivity index (χ3v) is 9.66. The highest BCUT2D eigenvalue weighted by Crippen LogP contribution is 2.64. The Balaban J connectivity index is 1.93. The molecule has 3 heteroatoms. The van der Waals surface area contributed by atoms with E-state index < -0.39 is 8.32 Å². The minimum Gasteiger partial charge on any atom is -0.414 e. The van der Waals surface area contributed by atoms with Gasteiger partial charge in [-0.05, 0) is 48.7 Å². The second-order valence-electron chi connectivity index (χ2n) is 7.36. The lowest BCUT2D eigenvalue weighted by molar-refractivity contribution is 0.141. The van der Waals surface area contributed by atoms with Gasteiger partial charge in [0.25, 0.3) is 0 Å². The van der Waals surface area contributed by atoms with E-state index in [0.717, 1.165) is 12.3 Å². The van der Waals surface area contributed by atoms with E-state index in [1.54, 1.807) is 0 Å². The van der Waals surface area contributed by atoms with Crippen LogP contribution in [-0.4, -0.2) is 26.1 Å². The van der Waals surface area contributed by atoms with Gasteiger partial charge in [0.05, 0.1) is 0 Å². The van der Waals surface area contributed by atoms with E-state index in [4.69, 9.17) is 4.43 Å². The van der Waals surface area contributed by atoms with Crippen molar-refractivity contribution in [2.75, 3.05) is 6.61 Å². The van der Waals surface area contributed by atoms with Gasteiger partial charge in [-0.1, -0.05) is 20.8 Å². The zero-order valence-corrected chi connectivity index (χ0v) is 12.3. The average molecular weight is 242 g/mol.